The summed E-state index contributed by atoms with van der Waals surface area (Å²) < 4.78 is 25.5. The van der Waals surface area contributed by atoms with Gasteiger partial charge in [-0.15, -0.1) is 0 Å². The molecule has 2 heteroatoms. The molecule has 84 valence electrons. The summed E-state index contributed by atoms with van der Waals surface area (Å²) in [7, 11) is 0. The molecule has 0 aliphatic heterocycles. The van der Waals surface area contributed by atoms with Gasteiger partial charge in [0.1, 0.15) is 0 Å². The molecule has 0 aromatic heterocycles. The molecule has 0 aliphatic rings. The minimum atomic E-state index is -2.55. The normalized spacial score (nSPS) is 13.9. The van der Waals surface area contributed by atoms with Crippen LogP contribution in [0.3, 0.4) is 0 Å². The van der Waals surface area contributed by atoms with Crippen molar-refractivity contribution in [3.63, 3.8) is 0 Å². The first kappa shape index (κ1) is 12.2. The molecule has 0 heterocycles. The van der Waals surface area contributed by atoms with Gasteiger partial charge in [0.2, 0.25) is 5.92 Å². The predicted octanol–water partition coefficient (Wildman–Crippen LogP) is 4.22. The van der Waals surface area contributed by atoms with Crippen LogP contribution in [0.2, 0.25) is 0 Å². The Kier molecular flexibility index (Phi) is 3.83. The summed E-state index contributed by atoms with van der Waals surface area (Å²) in [6.07, 6.45) is 0.687. The third-order valence-corrected chi connectivity index (χ3v) is 2.37. The SMILES string of the molecule is Cc1cccc(CC(C)CC(C)(F)F)c1. The summed E-state index contributed by atoms with van der Waals surface area (Å²) in [6, 6.07) is 8.05. The molecule has 0 saturated heterocycles. The Hall–Kier alpha value is -0.920. The predicted molar refractivity (Wildman–Crippen MR) is 59.3 cm³/mol. The maximum atomic E-state index is 12.8. The third-order valence-electron chi connectivity index (χ3n) is 2.37. The first-order chi connectivity index (χ1) is 6.87. The Morgan fingerprint density at radius 3 is 2.53 bits per heavy atom. The topological polar surface area (TPSA) is 0 Å². The van der Waals surface area contributed by atoms with Crippen molar-refractivity contribution in [2.45, 2.75) is 39.5 Å². The van der Waals surface area contributed by atoms with Crippen molar-refractivity contribution >= 4 is 0 Å². The molecule has 0 bridgehead atoms. The number of alkyl halides is 2. The van der Waals surface area contributed by atoms with Gasteiger partial charge in [0.15, 0.2) is 0 Å². The molecule has 0 fully saturated rings. The van der Waals surface area contributed by atoms with Crippen LogP contribution in [0.25, 0.3) is 0 Å². The Morgan fingerprint density at radius 2 is 2.00 bits per heavy atom. The number of hydrogen-bond donors (Lipinski definition) is 0. The zero-order chi connectivity index (χ0) is 11.5. The zero-order valence-corrected chi connectivity index (χ0v) is 9.56. The molecule has 0 nitrogen and oxygen atoms in total. The van der Waals surface area contributed by atoms with Gasteiger partial charge in [-0.05, 0) is 31.7 Å². The lowest BCUT2D eigenvalue weighted by molar-refractivity contribution is -0.00116. The van der Waals surface area contributed by atoms with Crippen LogP contribution < -0.4 is 0 Å². The fraction of sp³-hybridized carbons (Fsp3) is 0.538. The Bertz CT molecular complexity index is 313. The molecule has 15 heavy (non-hydrogen) atoms. The van der Waals surface area contributed by atoms with Crippen molar-refractivity contribution in [3.05, 3.63) is 35.4 Å². The van der Waals surface area contributed by atoms with Crippen molar-refractivity contribution < 1.29 is 8.78 Å². The van der Waals surface area contributed by atoms with Crippen LogP contribution in [0.15, 0.2) is 24.3 Å². The van der Waals surface area contributed by atoms with Gasteiger partial charge in [0.05, 0.1) is 0 Å². The highest BCUT2D eigenvalue weighted by Crippen LogP contribution is 2.24. The summed E-state index contributed by atoms with van der Waals surface area (Å²) in [4.78, 5) is 0. The second-order valence-corrected chi connectivity index (χ2v) is 4.57. The smallest absolute Gasteiger partial charge is 0.207 e. The second kappa shape index (κ2) is 4.73. The molecule has 0 radical (unpaired) electrons. The van der Waals surface area contributed by atoms with Gasteiger partial charge >= 0.3 is 0 Å². The quantitative estimate of drug-likeness (QED) is 0.701. The molecular weight excluding hydrogens is 194 g/mol. The highest BCUT2D eigenvalue weighted by atomic mass is 19.3. The van der Waals surface area contributed by atoms with E-state index in [1.165, 1.54) is 5.56 Å². The molecule has 0 aliphatic carbocycles. The molecular formula is C13H18F2. The summed E-state index contributed by atoms with van der Waals surface area (Å²) in [5, 5.41) is 0. The number of benzene rings is 1. The Labute approximate surface area is 90.3 Å². The molecule has 1 atom stereocenters. The van der Waals surface area contributed by atoms with E-state index in [4.69, 9.17) is 0 Å². The molecule has 1 rings (SSSR count). The van der Waals surface area contributed by atoms with Crippen LogP contribution >= 0.6 is 0 Å². The molecule has 0 saturated carbocycles. The van der Waals surface area contributed by atoms with Crippen molar-refractivity contribution in [3.8, 4) is 0 Å². The van der Waals surface area contributed by atoms with Crippen LogP contribution in [0.1, 0.15) is 31.4 Å². The van der Waals surface area contributed by atoms with E-state index in [-0.39, 0.29) is 12.3 Å². The van der Waals surface area contributed by atoms with E-state index in [0.717, 1.165) is 18.9 Å². The summed E-state index contributed by atoms with van der Waals surface area (Å²) in [5.74, 6) is -2.53. The van der Waals surface area contributed by atoms with E-state index in [1.807, 2.05) is 32.0 Å². The van der Waals surface area contributed by atoms with Crippen molar-refractivity contribution in [1.29, 1.82) is 0 Å². The number of hydrogen-bond acceptors (Lipinski definition) is 0. The monoisotopic (exact) mass is 212 g/mol. The highest BCUT2D eigenvalue weighted by molar-refractivity contribution is 5.22. The molecule has 0 amide bonds. The fourth-order valence-electron chi connectivity index (χ4n) is 1.93. The van der Waals surface area contributed by atoms with Gasteiger partial charge in [-0.2, -0.15) is 0 Å². The fourth-order valence-corrected chi connectivity index (χ4v) is 1.93. The Balaban J connectivity index is 2.55. The number of rotatable bonds is 4. The van der Waals surface area contributed by atoms with Crippen molar-refractivity contribution in [1.82, 2.24) is 0 Å². The van der Waals surface area contributed by atoms with Crippen LogP contribution in [-0.4, -0.2) is 5.92 Å². The van der Waals surface area contributed by atoms with Gasteiger partial charge in [0, 0.05) is 6.42 Å². The lowest BCUT2D eigenvalue weighted by Gasteiger charge is -2.16. The zero-order valence-electron chi connectivity index (χ0n) is 9.56. The highest BCUT2D eigenvalue weighted by Gasteiger charge is 2.24. The van der Waals surface area contributed by atoms with E-state index >= 15 is 0 Å². The molecule has 1 aromatic carbocycles. The first-order valence-electron chi connectivity index (χ1n) is 5.30. The number of aryl methyl sites for hydroxylation is 1. The standard InChI is InChI=1S/C13H18F2/c1-10-5-4-6-12(7-10)8-11(2)9-13(3,14)15/h4-7,11H,8-9H2,1-3H3. The van der Waals surface area contributed by atoms with Gasteiger partial charge in [0.25, 0.3) is 0 Å². The van der Waals surface area contributed by atoms with Crippen LogP contribution in [0.5, 0.6) is 0 Å². The molecule has 0 N–H and O–H groups in total. The maximum absolute atomic E-state index is 12.8. The van der Waals surface area contributed by atoms with Crippen LogP contribution in [-0.2, 0) is 6.42 Å². The average molecular weight is 212 g/mol. The molecule has 1 unspecified atom stereocenters. The number of halogens is 2. The largest absolute Gasteiger partial charge is 0.245 e. The maximum Gasteiger partial charge on any atom is 0.245 e. The van der Waals surface area contributed by atoms with E-state index in [2.05, 4.69) is 6.07 Å². The molecule has 0 spiro atoms. The first-order valence-corrected chi connectivity index (χ1v) is 5.30. The molecule has 1 aromatic rings. The summed E-state index contributed by atoms with van der Waals surface area (Å²) >= 11 is 0. The van der Waals surface area contributed by atoms with Gasteiger partial charge < -0.3 is 0 Å². The van der Waals surface area contributed by atoms with Crippen LogP contribution in [0.4, 0.5) is 8.78 Å². The van der Waals surface area contributed by atoms with Gasteiger partial charge in [-0.25, -0.2) is 8.78 Å². The Morgan fingerprint density at radius 1 is 1.33 bits per heavy atom. The average Bonchev–Trinajstić information content (AvgIpc) is 1.99. The summed E-state index contributed by atoms with van der Waals surface area (Å²) in [6.45, 7) is 4.88. The van der Waals surface area contributed by atoms with E-state index < -0.39 is 5.92 Å². The van der Waals surface area contributed by atoms with E-state index in [9.17, 15) is 8.78 Å². The third kappa shape index (κ3) is 4.91. The minimum Gasteiger partial charge on any atom is -0.207 e. The van der Waals surface area contributed by atoms with E-state index in [0.29, 0.717) is 0 Å². The lowest BCUT2D eigenvalue weighted by Crippen LogP contribution is -2.16. The summed E-state index contributed by atoms with van der Waals surface area (Å²) in [5.41, 5.74) is 2.33. The van der Waals surface area contributed by atoms with Gasteiger partial charge in [-0.1, -0.05) is 36.8 Å². The van der Waals surface area contributed by atoms with Crippen molar-refractivity contribution in [2.24, 2.45) is 5.92 Å². The van der Waals surface area contributed by atoms with E-state index in [1.54, 1.807) is 0 Å². The van der Waals surface area contributed by atoms with Crippen molar-refractivity contribution in [2.75, 3.05) is 0 Å². The second-order valence-electron chi connectivity index (χ2n) is 4.57. The van der Waals surface area contributed by atoms with Crippen LogP contribution in [0, 0.1) is 12.8 Å². The minimum absolute atomic E-state index is 0.0202. The van der Waals surface area contributed by atoms with Gasteiger partial charge in [-0.3, -0.25) is 0 Å². The lowest BCUT2D eigenvalue weighted by atomic mass is 9.95.